The van der Waals surface area contributed by atoms with Gasteiger partial charge in [-0.3, -0.25) is 9.80 Å². The van der Waals surface area contributed by atoms with Crippen molar-refractivity contribution in [2.24, 2.45) is 47.3 Å². The number of rotatable bonds is 2. The van der Waals surface area contributed by atoms with E-state index in [1.165, 1.54) is 62.6 Å². The molecule has 9 rings (SSSR count). The van der Waals surface area contributed by atoms with E-state index in [1.54, 1.807) is 57.8 Å². The molecule has 1 heterocycles. The van der Waals surface area contributed by atoms with Crippen LogP contribution in [0, 0.1) is 47.3 Å². The lowest BCUT2D eigenvalue weighted by atomic mass is 9.56. The van der Waals surface area contributed by atoms with Gasteiger partial charge in [-0.1, -0.05) is 29.8 Å². The Labute approximate surface area is 220 Å². The third kappa shape index (κ3) is 6.45. The highest BCUT2D eigenvalue weighted by molar-refractivity contribution is 9.10. The van der Waals surface area contributed by atoms with Gasteiger partial charge in [0.25, 0.3) is 0 Å². The summed E-state index contributed by atoms with van der Waals surface area (Å²) in [5.41, 5.74) is 0.339. The van der Waals surface area contributed by atoms with Gasteiger partial charge in [0.05, 0.1) is 6.67 Å². The summed E-state index contributed by atoms with van der Waals surface area (Å²) in [5, 5.41) is 0. The van der Waals surface area contributed by atoms with E-state index < -0.39 is 0 Å². The monoisotopic (exact) mass is 534 g/mol. The van der Waals surface area contributed by atoms with Crippen LogP contribution in [0.3, 0.4) is 0 Å². The predicted octanol–water partition coefficient (Wildman–Crippen LogP) is 8.20. The van der Waals surface area contributed by atoms with E-state index in [-0.39, 0.29) is 0 Å². The van der Waals surface area contributed by atoms with Crippen LogP contribution in [0.1, 0.15) is 112 Å². The lowest BCUT2D eigenvalue weighted by Gasteiger charge is -2.54. The van der Waals surface area contributed by atoms with E-state index in [9.17, 15) is 0 Å². The van der Waals surface area contributed by atoms with Gasteiger partial charge in [-0.05, 0) is 145 Å². The van der Waals surface area contributed by atoms with Gasteiger partial charge in [0.15, 0.2) is 0 Å². The average Bonchev–Trinajstić information content (AvgIpc) is 3.14. The zero-order chi connectivity index (χ0) is 24.1. The van der Waals surface area contributed by atoms with Crippen LogP contribution in [-0.4, -0.2) is 46.0 Å². The molecule has 3 heteroatoms. The molecule has 0 amide bonds. The highest BCUT2D eigenvalue weighted by atomic mass is 79.9. The van der Waals surface area contributed by atoms with Gasteiger partial charge in [-0.25, -0.2) is 0 Å². The second-order valence-electron chi connectivity index (χ2n) is 15.5. The fourth-order valence-corrected chi connectivity index (χ4v) is 11.2. The topological polar surface area (TPSA) is 6.48 Å². The Morgan fingerprint density at radius 2 is 1.06 bits per heavy atom. The Bertz CT molecular complexity index is 588. The van der Waals surface area contributed by atoms with Crippen LogP contribution in [0.4, 0.5) is 0 Å². The van der Waals surface area contributed by atoms with Crippen molar-refractivity contribution in [1.29, 1.82) is 0 Å². The molecule has 8 saturated carbocycles. The molecular weight excluding hydrogens is 480 g/mol. The number of halogens is 1. The minimum absolute atomic E-state index is 0.339. The average molecular weight is 536 g/mol. The molecule has 0 N–H and O–H groups in total. The van der Waals surface area contributed by atoms with E-state index in [1.807, 2.05) is 0 Å². The molecule has 2 nitrogen and oxygen atoms in total. The van der Waals surface area contributed by atoms with Gasteiger partial charge < -0.3 is 0 Å². The highest BCUT2D eigenvalue weighted by Crippen LogP contribution is 2.59. The van der Waals surface area contributed by atoms with Crippen LogP contribution < -0.4 is 0 Å². The van der Waals surface area contributed by atoms with Crippen molar-refractivity contribution in [3.05, 3.63) is 0 Å². The first-order chi connectivity index (χ1) is 16.0. The SMILES string of the molecule is BrC12CC3CC(CC(C3)C1)C2.C1C2CC3CC1CC(C2)C3.CC(C)CN1CCN(C(C)(C)C)C1. The second kappa shape index (κ2) is 10.3. The van der Waals surface area contributed by atoms with E-state index >= 15 is 0 Å². The summed E-state index contributed by atoms with van der Waals surface area (Å²) in [6, 6.07) is 0. The van der Waals surface area contributed by atoms with Crippen molar-refractivity contribution in [3.8, 4) is 0 Å². The number of alkyl halides is 1. The summed E-state index contributed by atoms with van der Waals surface area (Å²) in [5.74, 6) is 8.79. The second-order valence-corrected chi connectivity index (χ2v) is 17.2. The van der Waals surface area contributed by atoms with E-state index in [0.717, 1.165) is 30.3 Å². The summed E-state index contributed by atoms with van der Waals surface area (Å²) in [6.45, 7) is 16.4. The van der Waals surface area contributed by atoms with Gasteiger partial charge in [0.1, 0.15) is 0 Å². The van der Waals surface area contributed by atoms with E-state index in [0.29, 0.717) is 9.86 Å². The van der Waals surface area contributed by atoms with Gasteiger partial charge in [-0.2, -0.15) is 0 Å². The lowest BCUT2D eigenvalue weighted by molar-refractivity contribution is 0.0198. The Morgan fingerprint density at radius 1 is 0.676 bits per heavy atom. The van der Waals surface area contributed by atoms with Gasteiger partial charge in [-0.15, -0.1) is 0 Å². The van der Waals surface area contributed by atoms with Crippen molar-refractivity contribution in [3.63, 3.8) is 0 Å². The Hall–Kier alpha value is 0.400. The standard InChI is InChI=1S/C11H24N2.C10H15Br.C10H16/c1-10(2)8-12-6-7-13(9-12)11(3,4)5;11-10-4-7-1-8(5-10)3-9(2-7)6-10;1-7-2-9-4-8(1)5-10(3-7)6-9/h10H,6-9H2,1-5H3;7-9H,1-6H2;7-10H,1-6H2. The van der Waals surface area contributed by atoms with Gasteiger partial charge in [0, 0.05) is 29.5 Å². The molecule has 8 bridgehead atoms. The molecule has 1 saturated heterocycles. The molecule has 1 aliphatic heterocycles. The van der Waals surface area contributed by atoms with Gasteiger partial charge in [0.2, 0.25) is 0 Å². The quantitative estimate of drug-likeness (QED) is 0.329. The lowest BCUT2D eigenvalue weighted by Crippen LogP contribution is -2.46. The van der Waals surface area contributed by atoms with Crippen molar-refractivity contribution in [1.82, 2.24) is 9.80 Å². The maximum atomic E-state index is 3.96. The van der Waals surface area contributed by atoms with Crippen molar-refractivity contribution < 1.29 is 0 Å². The molecule has 9 fully saturated rings. The summed E-state index contributed by atoms with van der Waals surface area (Å²) in [4.78, 5) is 5.10. The molecule has 0 atom stereocenters. The normalized spacial score (nSPS) is 44.7. The van der Waals surface area contributed by atoms with Crippen molar-refractivity contribution in [2.45, 2.75) is 122 Å². The summed E-state index contributed by atoms with van der Waals surface area (Å²) >= 11 is 3.96. The largest absolute Gasteiger partial charge is 0.289 e. The molecule has 0 aromatic heterocycles. The molecule has 9 aliphatic rings. The third-order valence-corrected chi connectivity index (χ3v) is 11.6. The van der Waals surface area contributed by atoms with E-state index in [4.69, 9.17) is 0 Å². The molecule has 0 aromatic carbocycles. The summed E-state index contributed by atoms with van der Waals surface area (Å²) in [7, 11) is 0. The minimum atomic E-state index is 0.339. The molecule has 196 valence electrons. The first-order valence-electron chi connectivity index (χ1n) is 15.2. The summed E-state index contributed by atoms with van der Waals surface area (Å²) in [6.07, 6.45) is 18.8. The Kier molecular flexibility index (Phi) is 7.87. The fraction of sp³-hybridized carbons (Fsp3) is 1.00. The van der Waals surface area contributed by atoms with Crippen LogP contribution in [0.15, 0.2) is 0 Å². The maximum absolute atomic E-state index is 3.96. The first kappa shape index (κ1) is 26.0. The molecule has 8 aliphatic carbocycles. The van der Waals surface area contributed by atoms with Crippen molar-refractivity contribution in [2.75, 3.05) is 26.3 Å². The predicted molar refractivity (Wildman–Crippen MR) is 149 cm³/mol. The number of hydrogen-bond donors (Lipinski definition) is 0. The number of nitrogens with zero attached hydrogens (tertiary/aromatic N) is 2. The van der Waals surface area contributed by atoms with Crippen LogP contribution in [0.5, 0.6) is 0 Å². The molecule has 0 unspecified atom stereocenters. The molecule has 34 heavy (non-hydrogen) atoms. The Morgan fingerprint density at radius 3 is 1.35 bits per heavy atom. The van der Waals surface area contributed by atoms with Crippen molar-refractivity contribution >= 4 is 15.9 Å². The first-order valence-corrected chi connectivity index (χ1v) is 16.0. The third-order valence-electron chi connectivity index (χ3n) is 10.6. The zero-order valence-corrected chi connectivity index (χ0v) is 24.8. The molecule has 0 radical (unpaired) electrons. The van der Waals surface area contributed by atoms with Gasteiger partial charge >= 0.3 is 0 Å². The Balaban J connectivity index is 0.000000107. The molecule has 0 spiro atoms. The maximum Gasteiger partial charge on any atom is 0.0512 e. The van der Waals surface area contributed by atoms with Crippen LogP contribution in [-0.2, 0) is 0 Å². The minimum Gasteiger partial charge on any atom is -0.289 e. The smallest absolute Gasteiger partial charge is 0.0512 e. The van der Waals surface area contributed by atoms with Crippen LogP contribution in [0.2, 0.25) is 0 Å². The van der Waals surface area contributed by atoms with Crippen LogP contribution in [0.25, 0.3) is 0 Å². The zero-order valence-electron chi connectivity index (χ0n) is 23.2. The fourth-order valence-electron chi connectivity index (χ4n) is 9.85. The number of hydrogen-bond acceptors (Lipinski definition) is 2. The molecule has 0 aromatic rings. The van der Waals surface area contributed by atoms with Crippen LogP contribution >= 0.6 is 15.9 Å². The van der Waals surface area contributed by atoms with E-state index in [2.05, 4.69) is 60.3 Å². The highest BCUT2D eigenvalue weighted by Gasteiger charge is 2.49. The molecular formula is C31H55BrN2. The summed E-state index contributed by atoms with van der Waals surface area (Å²) < 4.78 is 0.613.